The van der Waals surface area contributed by atoms with Gasteiger partial charge < -0.3 is 15.4 Å². The predicted octanol–water partition coefficient (Wildman–Crippen LogP) is 3.93. The predicted molar refractivity (Wildman–Crippen MR) is 92.4 cm³/mol. The molecule has 2 N–H and O–H groups in total. The molecule has 1 aromatic rings. The molecule has 0 saturated carbocycles. The second-order valence-electron chi connectivity index (χ2n) is 3.96. The summed E-state index contributed by atoms with van der Waals surface area (Å²) in [7, 11) is 1.95. The molecule has 20 heavy (non-hydrogen) atoms. The minimum Gasteiger partial charge on any atom is -0.491 e. The molecule has 0 spiro atoms. The topological polar surface area (TPSA) is 33.3 Å². The molecule has 7 heteroatoms. The second-order valence-corrected chi connectivity index (χ2v) is 4.77. The van der Waals surface area contributed by atoms with E-state index >= 15 is 0 Å². The van der Waals surface area contributed by atoms with Crippen LogP contribution in [-0.4, -0.2) is 26.7 Å². The Morgan fingerprint density at radius 3 is 2.20 bits per heavy atom. The zero-order valence-corrected chi connectivity index (χ0v) is 14.8. The third kappa shape index (κ3) is 7.77. The van der Waals surface area contributed by atoms with E-state index in [1.54, 1.807) is 0 Å². The minimum atomic E-state index is 0. The first-order chi connectivity index (χ1) is 8.69. The largest absolute Gasteiger partial charge is 0.491 e. The van der Waals surface area contributed by atoms with Crippen molar-refractivity contribution in [1.82, 2.24) is 10.6 Å². The maximum absolute atomic E-state index is 6.13. The Morgan fingerprint density at radius 1 is 1.10 bits per heavy atom. The number of hydrogen-bond donors (Lipinski definition) is 2. The quantitative estimate of drug-likeness (QED) is 0.686. The van der Waals surface area contributed by atoms with Gasteiger partial charge in [-0.15, -0.1) is 24.8 Å². The molecule has 118 valence electrons. The van der Waals surface area contributed by atoms with Gasteiger partial charge in [0.2, 0.25) is 0 Å². The molecule has 0 aromatic heterocycles. The second kappa shape index (κ2) is 12.8. The molecule has 0 aliphatic rings. The van der Waals surface area contributed by atoms with E-state index in [1.807, 2.05) is 26.1 Å². The number of rotatable bonds is 8. The van der Waals surface area contributed by atoms with E-state index in [0.717, 1.165) is 31.6 Å². The standard InChI is InChI=1S/C13H20Cl2N2O.2ClH/c1-3-18-13-11(14)7-10(8-12(13)15)9-17-6-4-5-16-2;;/h7-8,16-17H,3-6,9H2,1-2H3;2*1H. The third-order valence-electron chi connectivity index (χ3n) is 2.46. The summed E-state index contributed by atoms with van der Waals surface area (Å²) in [6, 6.07) is 3.78. The van der Waals surface area contributed by atoms with E-state index in [4.69, 9.17) is 27.9 Å². The van der Waals surface area contributed by atoms with Crippen LogP contribution in [0.5, 0.6) is 5.75 Å². The van der Waals surface area contributed by atoms with Gasteiger partial charge in [0.15, 0.2) is 5.75 Å². The Kier molecular flexibility index (Phi) is 14.3. The van der Waals surface area contributed by atoms with Gasteiger partial charge in [-0.2, -0.15) is 0 Å². The van der Waals surface area contributed by atoms with E-state index in [9.17, 15) is 0 Å². The number of halogens is 4. The van der Waals surface area contributed by atoms with Crippen LogP contribution in [0.25, 0.3) is 0 Å². The average molecular weight is 364 g/mol. The van der Waals surface area contributed by atoms with Gasteiger partial charge in [-0.3, -0.25) is 0 Å². The molecule has 0 heterocycles. The van der Waals surface area contributed by atoms with Crippen molar-refractivity contribution >= 4 is 48.0 Å². The van der Waals surface area contributed by atoms with E-state index < -0.39 is 0 Å². The maximum atomic E-state index is 6.13. The first-order valence-corrected chi connectivity index (χ1v) is 6.90. The Labute approximate surface area is 143 Å². The van der Waals surface area contributed by atoms with Crippen molar-refractivity contribution in [3.8, 4) is 5.75 Å². The number of hydrogen-bond acceptors (Lipinski definition) is 3. The van der Waals surface area contributed by atoms with Crippen LogP contribution in [0.15, 0.2) is 12.1 Å². The SMILES string of the molecule is CCOc1c(Cl)cc(CNCCCNC)cc1Cl.Cl.Cl. The van der Waals surface area contributed by atoms with Gasteiger partial charge in [-0.05, 0) is 51.2 Å². The lowest BCUT2D eigenvalue weighted by molar-refractivity contribution is 0.340. The Balaban J connectivity index is 0. The summed E-state index contributed by atoms with van der Waals surface area (Å²) in [4.78, 5) is 0. The van der Waals surface area contributed by atoms with Crippen molar-refractivity contribution in [1.29, 1.82) is 0 Å². The monoisotopic (exact) mass is 362 g/mol. The van der Waals surface area contributed by atoms with Crippen molar-refractivity contribution in [2.45, 2.75) is 19.9 Å². The van der Waals surface area contributed by atoms with E-state index in [1.165, 1.54) is 0 Å². The molecule has 0 amide bonds. The molecule has 0 saturated heterocycles. The van der Waals surface area contributed by atoms with Crippen molar-refractivity contribution in [3.05, 3.63) is 27.7 Å². The van der Waals surface area contributed by atoms with Gasteiger partial charge >= 0.3 is 0 Å². The van der Waals surface area contributed by atoms with E-state index in [-0.39, 0.29) is 24.8 Å². The van der Waals surface area contributed by atoms with Gasteiger partial charge in [-0.1, -0.05) is 23.2 Å². The molecule has 3 nitrogen and oxygen atoms in total. The molecular weight excluding hydrogens is 342 g/mol. The Hall–Kier alpha value is 0.1000. The van der Waals surface area contributed by atoms with Crippen LogP contribution in [0.1, 0.15) is 18.9 Å². The molecule has 0 unspecified atom stereocenters. The average Bonchev–Trinajstić information content (AvgIpc) is 2.33. The fraction of sp³-hybridized carbons (Fsp3) is 0.538. The van der Waals surface area contributed by atoms with E-state index in [0.29, 0.717) is 22.4 Å². The summed E-state index contributed by atoms with van der Waals surface area (Å²) in [5.41, 5.74) is 1.07. The number of benzene rings is 1. The van der Waals surface area contributed by atoms with Crippen LogP contribution in [0.2, 0.25) is 10.0 Å². The molecule has 0 atom stereocenters. The lowest BCUT2D eigenvalue weighted by atomic mass is 10.2. The highest BCUT2D eigenvalue weighted by Crippen LogP contribution is 2.34. The normalized spacial score (nSPS) is 9.60. The summed E-state index contributed by atoms with van der Waals surface area (Å²) in [6.45, 7) is 5.20. The van der Waals surface area contributed by atoms with Crippen LogP contribution in [0.3, 0.4) is 0 Å². The van der Waals surface area contributed by atoms with Gasteiger partial charge in [-0.25, -0.2) is 0 Å². The number of nitrogens with one attached hydrogen (secondary N) is 2. The summed E-state index contributed by atoms with van der Waals surface area (Å²) in [5.74, 6) is 0.569. The van der Waals surface area contributed by atoms with Gasteiger partial charge in [0.05, 0.1) is 16.7 Å². The smallest absolute Gasteiger partial charge is 0.156 e. The molecule has 0 aliphatic heterocycles. The Bertz CT molecular complexity index is 354. The van der Waals surface area contributed by atoms with Gasteiger partial charge in [0, 0.05) is 6.54 Å². The lowest BCUT2D eigenvalue weighted by Crippen LogP contribution is -2.19. The molecule has 0 fully saturated rings. The minimum absolute atomic E-state index is 0. The van der Waals surface area contributed by atoms with Crippen LogP contribution in [-0.2, 0) is 6.54 Å². The highest BCUT2D eigenvalue weighted by Gasteiger charge is 2.08. The van der Waals surface area contributed by atoms with Crippen molar-refractivity contribution in [2.75, 3.05) is 26.7 Å². The van der Waals surface area contributed by atoms with Crippen LogP contribution >= 0.6 is 48.0 Å². The van der Waals surface area contributed by atoms with Crippen molar-refractivity contribution in [2.24, 2.45) is 0 Å². The van der Waals surface area contributed by atoms with Crippen molar-refractivity contribution in [3.63, 3.8) is 0 Å². The van der Waals surface area contributed by atoms with Gasteiger partial charge in [0.1, 0.15) is 0 Å². The highest BCUT2D eigenvalue weighted by molar-refractivity contribution is 6.37. The van der Waals surface area contributed by atoms with Crippen LogP contribution in [0.4, 0.5) is 0 Å². The first-order valence-electron chi connectivity index (χ1n) is 6.15. The van der Waals surface area contributed by atoms with Gasteiger partial charge in [0.25, 0.3) is 0 Å². The Morgan fingerprint density at radius 2 is 1.70 bits per heavy atom. The van der Waals surface area contributed by atoms with Crippen LogP contribution in [0, 0.1) is 0 Å². The molecule has 1 aromatic carbocycles. The zero-order chi connectivity index (χ0) is 13.4. The highest BCUT2D eigenvalue weighted by atomic mass is 35.5. The molecule has 1 rings (SSSR count). The first kappa shape index (κ1) is 22.4. The fourth-order valence-electron chi connectivity index (χ4n) is 1.62. The maximum Gasteiger partial charge on any atom is 0.156 e. The van der Waals surface area contributed by atoms with E-state index in [2.05, 4.69) is 10.6 Å². The summed E-state index contributed by atoms with van der Waals surface area (Å²) >= 11 is 12.3. The molecular formula is C13H22Cl4N2O. The summed E-state index contributed by atoms with van der Waals surface area (Å²) in [6.07, 6.45) is 1.09. The number of ether oxygens (including phenoxy) is 1. The van der Waals surface area contributed by atoms with Crippen molar-refractivity contribution < 1.29 is 4.74 Å². The molecule has 0 aliphatic carbocycles. The summed E-state index contributed by atoms with van der Waals surface area (Å²) < 4.78 is 5.39. The summed E-state index contributed by atoms with van der Waals surface area (Å²) in [5, 5.41) is 7.58. The third-order valence-corrected chi connectivity index (χ3v) is 3.02. The lowest BCUT2D eigenvalue weighted by Gasteiger charge is -2.11. The molecule has 0 bridgehead atoms. The van der Waals surface area contributed by atoms with Crippen LogP contribution < -0.4 is 15.4 Å². The molecule has 0 radical (unpaired) electrons. The fourth-order valence-corrected chi connectivity index (χ4v) is 2.26. The zero-order valence-electron chi connectivity index (χ0n) is 11.7.